The zero-order valence-corrected chi connectivity index (χ0v) is 10.2. The topological polar surface area (TPSA) is 46.3 Å². The monoisotopic (exact) mass is 248 g/mol. The lowest BCUT2D eigenvalue weighted by Crippen LogP contribution is -2.33. The molecular formula is C14H17FN2O. The van der Waals surface area contributed by atoms with Crippen LogP contribution in [0.2, 0.25) is 0 Å². The molecule has 1 aromatic carbocycles. The summed E-state index contributed by atoms with van der Waals surface area (Å²) >= 11 is 0. The van der Waals surface area contributed by atoms with Crippen molar-refractivity contribution in [1.29, 1.82) is 0 Å². The molecule has 1 saturated carbocycles. The molecule has 1 aromatic rings. The Morgan fingerprint density at radius 3 is 2.94 bits per heavy atom. The van der Waals surface area contributed by atoms with Gasteiger partial charge in [-0.15, -0.1) is 0 Å². The standard InChI is InChI=1S/C14H17FN2O/c15-10-3-1-2-9(6-10)12-7-13(12)14(18)17-5-4-11(16)8-17/h1-3,6,11-13H,4-5,7-8,16H2/t11-,12+,13-/m1/s1. The minimum Gasteiger partial charge on any atom is -0.341 e. The van der Waals surface area contributed by atoms with Gasteiger partial charge in [0.25, 0.3) is 0 Å². The van der Waals surface area contributed by atoms with Crippen molar-refractivity contribution < 1.29 is 9.18 Å². The van der Waals surface area contributed by atoms with E-state index < -0.39 is 0 Å². The Hall–Kier alpha value is -1.42. The van der Waals surface area contributed by atoms with E-state index in [9.17, 15) is 9.18 Å². The van der Waals surface area contributed by atoms with Crippen molar-refractivity contribution in [2.45, 2.75) is 24.8 Å². The zero-order valence-electron chi connectivity index (χ0n) is 10.2. The summed E-state index contributed by atoms with van der Waals surface area (Å²) < 4.78 is 13.1. The number of nitrogens with zero attached hydrogens (tertiary/aromatic N) is 1. The third-order valence-corrected chi connectivity index (χ3v) is 3.92. The van der Waals surface area contributed by atoms with E-state index in [1.54, 1.807) is 6.07 Å². The van der Waals surface area contributed by atoms with E-state index in [0.29, 0.717) is 6.54 Å². The fourth-order valence-corrected chi connectivity index (χ4v) is 2.80. The maximum absolute atomic E-state index is 13.1. The molecule has 3 atom stereocenters. The number of carbonyl (C=O) groups is 1. The summed E-state index contributed by atoms with van der Waals surface area (Å²) in [5, 5.41) is 0. The molecule has 3 rings (SSSR count). The molecule has 4 heteroatoms. The van der Waals surface area contributed by atoms with Crippen LogP contribution in [0.3, 0.4) is 0 Å². The van der Waals surface area contributed by atoms with Crippen LogP contribution >= 0.6 is 0 Å². The van der Waals surface area contributed by atoms with Crippen LogP contribution in [0.15, 0.2) is 24.3 Å². The van der Waals surface area contributed by atoms with Crippen LogP contribution < -0.4 is 5.73 Å². The summed E-state index contributed by atoms with van der Waals surface area (Å²) in [6, 6.07) is 6.70. The van der Waals surface area contributed by atoms with Gasteiger partial charge in [0.1, 0.15) is 5.82 Å². The number of carbonyl (C=O) groups excluding carboxylic acids is 1. The minimum absolute atomic E-state index is 0.0390. The second-order valence-corrected chi connectivity index (χ2v) is 5.34. The molecule has 1 saturated heterocycles. The second kappa shape index (κ2) is 4.35. The first-order chi connectivity index (χ1) is 8.65. The van der Waals surface area contributed by atoms with Gasteiger partial charge in [0.15, 0.2) is 0 Å². The molecule has 1 aliphatic carbocycles. The quantitative estimate of drug-likeness (QED) is 0.862. The van der Waals surface area contributed by atoms with E-state index in [0.717, 1.165) is 24.9 Å². The smallest absolute Gasteiger partial charge is 0.226 e. The van der Waals surface area contributed by atoms with E-state index in [1.165, 1.54) is 12.1 Å². The molecule has 2 fully saturated rings. The first kappa shape index (κ1) is 11.7. The Kier molecular flexibility index (Phi) is 2.82. The minimum atomic E-state index is -0.228. The Labute approximate surface area is 106 Å². The summed E-state index contributed by atoms with van der Waals surface area (Å²) in [4.78, 5) is 14.1. The predicted molar refractivity (Wildman–Crippen MR) is 66.4 cm³/mol. The molecular weight excluding hydrogens is 231 g/mol. The van der Waals surface area contributed by atoms with Gasteiger partial charge in [0, 0.05) is 25.0 Å². The molecule has 0 bridgehead atoms. The maximum Gasteiger partial charge on any atom is 0.226 e. The van der Waals surface area contributed by atoms with Crippen LogP contribution in [0.4, 0.5) is 4.39 Å². The second-order valence-electron chi connectivity index (χ2n) is 5.34. The van der Waals surface area contributed by atoms with E-state index >= 15 is 0 Å². The molecule has 1 amide bonds. The first-order valence-electron chi connectivity index (χ1n) is 6.45. The fourth-order valence-electron chi connectivity index (χ4n) is 2.80. The summed E-state index contributed by atoms with van der Waals surface area (Å²) in [5.74, 6) is 0.202. The molecule has 18 heavy (non-hydrogen) atoms. The summed E-state index contributed by atoms with van der Waals surface area (Å²) in [7, 11) is 0. The maximum atomic E-state index is 13.1. The number of nitrogens with two attached hydrogens (primary N) is 1. The molecule has 2 aliphatic rings. The number of likely N-dealkylation sites (tertiary alicyclic amines) is 1. The van der Waals surface area contributed by atoms with Gasteiger partial charge in [-0.2, -0.15) is 0 Å². The number of halogens is 1. The summed E-state index contributed by atoms with van der Waals surface area (Å²) in [6.07, 6.45) is 1.73. The number of rotatable bonds is 2. The Morgan fingerprint density at radius 2 is 2.28 bits per heavy atom. The number of hydrogen-bond acceptors (Lipinski definition) is 2. The van der Waals surface area contributed by atoms with Crippen LogP contribution in [0, 0.1) is 11.7 Å². The number of amides is 1. The van der Waals surface area contributed by atoms with Gasteiger partial charge >= 0.3 is 0 Å². The SMILES string of the molecule is N[C@@H]1CCN(C(=O)[C@@H]2C[C@H]2c2cccc(F)c2)C1. The fraction of sp³-hybridized carbons (Fsp3) is 0.500. The average molecular weight is 248 g/mol. The Bertz CT molecular complexity index is 477. The van der Waals surface area contributed by atoms with Crippen LogP contribution in [-0.4, -0.2) is 29.9 Å². The Balaban J connectivity index is 1.65. The number of hydrogen-bond donors (Lipinski definition) is 1. The highest BCUT2D eigenvalue weighted by molar-refractivity contribution is 5.83. The van der Waals surface area contributed by atoms with Gasteiger partial charge in [0.2, 0.25) is 5.91 Å². The van der Waals surface area contributed by atoms with Gasteiger partial charge in [-0.05, 0) is 36.5 Å². The first-order valence-corrected chi connectivity index (χ1v) is 6.45. The van der Waals surface area contributed by atoms with Crippen molar-refractivity contribution >= 4 is 5.91 Å². The van der Waals surface area contributed by atoms with Crippen molar-refractivity contribution in [1.82, 2.24) is 4.90 Å². The lowest BCUT2D eigenvalue weighted by atomic mass is 10.1. The molecule has 0 radical (unpaired) electrons. The number of benzene rings is 1. The van der Waals surface area contributed by atoms with Gasteiger partial charge in [-0.1, -0.05) is 12.1 Å². The highest BCUT2D eigenvalue weighted by Crippen LogP contribution is 2.48. The average Bonchev–Trinajstić information content (AvgIpc) is 3.04. The third kappa shape index (κ3) is 2.12. The highest BCUT2D eigenvalue weighted by Gasteiger charge is 2.46. The van der Waals surface area contributed by atoms with Crippen molar-refractivity contribution in [2.75, 3.05) is 13.1 Å². The lowest BCUT2D eigenvalue weighted by molar-refractivity contribution is -0.131. The van der Waals surface area contributed by atoms with Crippen LogP contribution in [0.1, 0.15) is 24.3 Å². The van der Waals surface area contributed by atoms with E-state index in [2.05, 4.69) is 0 Å². The molecule has 96 valence electrons. The third-order valence-electron chi connectivity index (χ3n) is 3.92. The summed E-state index contributed by atoms with van der Waals surface area (Å²) in [6.45, 7) is 1.44. The van der Waals surface area contributed by atoms with Crippen LogP contribution in [-0.2, 0) is 4.79 Å². The molecule has 1 heterocycles. The lowest BCUT2D eigenvalue weighted by Gasteiger charge is -2.15. The molecule has 0 aromatic heterocycles. The highest BCUT2D eigenvalue weighted by atomic mass is 19.1. The van der Waals surface area contributed by atoms with Crippen LogP contribution in [0.25, 0.3) is 0 Å². The zero-order chi connectivity index (χ0) is 12.7. The van der Waals surface area contributed by atoms with Gasteiger partial charge < -0.3 is 10.6 Å². The Morgan fingerprint density at radius 1 is 1.44 bits per heavy atom. The van der Waals surface area contributed by atoms with Gasteiger partial charge in [-0.25, -0.2) is 4.39 Å². The van der Waals surface area contributed by atoms with Crippen molar-refractivity contribution in [2.24, 2.45) is 11.7 Å². The van der Waals surface area contributed by atoms with Crippen molar-refractivity contribution in [3.8, 4) is 0 Å². The van der Waals surface area contributed by atoms with Crippen molar-refractivity contribution in [3.63, 3.8) is 0 Å². The van der Waals surface area contributed by atoms with E-state index in [4.69, 9.17) is 5.73 Å². The van der Waals surface area contributed by atoms with E-state index in [1.807, 2.05) is 11.0 Å². The van der Waals surface area contributed by atoms with Crippen LogP contribution in [0.5, 0.6) is 0 Å². The largest absolute Gasteiger partial charge is 0.341 e. The predicted octanol–water partition coefficient (Wildman–Crippen LogP) is 1.49. The van der Waals surface area contributed by atoms with Crippen molar-refractivity contribution in [3.05, 3.63) is 35.6 Å². The molecule has 2 N–H and O–H groups in total. The molecule has 0 unspecified atom stereocenters. The van der Waals surface area contributed by atoms with E-state index in [-0.39, 0.29) is 29.6 Å². The summed E-state index contributed by atoms with van der Waals surface area (Å²) in [5.41, 5.74) is 6.75. The van der Waals surface area contributed by atoms with Gasteiger partial charge in [0.05, 0.1) is 0 Å². The molecule has 1 aliphatic heterocycles. The molecule has 3 nitrogen and oxygen atoms in total. The normalized spacial score (nSPS) is 30.6. The molecule has 0 spiro atoms. The van der Waals surface area contributed by atoms with Gasteiger partial charge in [-0.3, -0.25) is 4.79 Å².